The van der Waals surface area contributed by atoms with Crippen LogP contribution in [0.3, 0.4) is 0 Å². The van der Waals surface area contributed by atoms with Crippen molar-refractivity contribution >= 4 is 54.5 Å². The number of fused-ring (bicyclic) bond motifs is 8. The Morgan fingerprint density at radius 1 is 0.438 bits per heavy atom. The summed E-state index contributed by atoms with van der Waals surface area (Å²) in [5.74, 6) is 0.621. The fourth-order valence-corrected chi connectivity index (χ4v) is 7.10. The van der Waals surface area contributed by atoms with Gasteiger partial charge in [0, 0.05) is 57.3 Å². The van der Waals surface area contributed by atoms with E-state index in [1.807, 2.05) is 55.1 Å². The fourth-order valence-electron chi connectivity index (χ4n) is 7.10. The maximum atomic E-state index is 6.33. The number of aromatic nitrogens is 4. The van der Waals surface area contributed by atoms with Gasteiger partial charge in [-0.3, -0.25) is 9.55 Å². The predicted molar refractivity (Wildman–Crippen MR) is 195 cm³/mol. The van der Waals surface area contributed by atoms with Crippen molar-refractivity contribution in [2.45, 2.75) is 0 Å². The molecule has 0 atom stereocenters. The molecular weight excluding hydrogens is 589 g/mol. The lowest BCUT2D eigenvalue weighted by Gasteiger charge is -2.12. The third-order valence-electron chi connectivity index (χ3n) is 9.37. The molecule has 0 spiro atoms. The first-order valence-corrected chi connectivity index (χ1v) is 16.0. The summed E-state index contributed by atoms with van der Waals surface area (Å²) < 4.78 is 8.52. The molecule has 0 N–H and O–H groups in total. The van der Waals surface area contributed by atoms with Crippen LogP contribution < -0.4 is 0 Å². The van der Waals surface area contributed by atoms with Crippen molar-refractivity contribution in [1.82, 2.24) is 19.5 Å². The summed E-state index contributed by atoms with van der Waals surface area (Å²) in [5, 5.41) is 6.79. The van der Waals surface area contributed by atoms with Crippen molar-refractivity contribution in [3.05, 3.63) is 158 Å². The molecule has 10 aromatic rings. The van der Waals surface area contributed by atoms with Gasteiger partial charge < -0.3 is 4.42 Å². The topological polar surface area (TPSA) is 56.7 Å². The van der Waals surface area contributed by atoms with E-state index >= 15 is 0 Å². The van der Waals surface area contributed by atoms with Crippen LogP contribution in [0.2, 0.25) is 0 Å². The van der Waals surface area contributed by atoms with Crippen LogP contribution in [-0.2, 0) is 0 Å². The number of nitrogens with zero attached hydrogens (tertiary/aromatic N) is 4. The summed E-state index contributed by atoms with van der Waals surface area (Å²) in [6.07, 6.45) is 7.53. The monoisotopic (exact) mass is 614 g/mol. The lowest BCUT2D eigenvalue weighted by Crippen LogP contribution is -2.01. The van der Waals surface area contributed by atoms with Crippen molar-refractivity contribution in [2.24, 2.45) is 0 Å². The smallest absolute Gasteiger partial charge is 0.234 e. The molecule has 0 unspecified atom stereocenters. The molecule has 6 aromatic carbocycles. The molecule has 5 nitrogen and oxygen atoms in total. The lowest BCUT2D eigenvalue weighted by atomic mass is 9.94. The minimum absolute atomic E-state index is 0.621. The molecule has 0 saturated carbocycles. The van der Waals surface area contributed by atoms with Crippen LogP contribution in [0.15, 0.2) is 163 Å². The number of para-hydroxylation sites is 2. The van der Waals surface area contributed by atoms with Crippen molar-refractivity contribution in [1.29, 1.82) is 0 Å². The SMILES string of the molecule is c1ccc(-c2cc(-c3ccncc3)cc(-c3cnc(-n4c5ccccc5c5ccc6cc7c(cc6c54)oc4ccccc47)nc3)c2)cc1. The third-order valence-corrected chi connectivity index (χ3v) is 9.37. The van der Waals surface area contributed by atoms with Crippen molar-refractivity contribution in [2.75, 3.05) is 0 Å². The Kier molecular flexibility index (Phi) is 5.81. The second-order valence-electron chi connectivity index (χ2n) is 12.2. The summed E-state index contributed by atoms with van der Waals surface area (Å²) in [6.45, 7) is 0. The van der Waals surface area contributed by atoms with Gasteiger partial charge in [0.05, 0.1) is 11.0 Å². The number of hydrogen-bond acceptors (Lipinski definition) is 4. The van der Waals surface area contributed by atoms with Crippen molar-refractivity contribution in [3.8, 4) is 39.3 Å². The van der Waals surface area contributed by atoms with Crippen LogP contribution in [0.1, 0.15) is 0 Å². The number of hydrogen-bond donors (Lipinski definition) is 0. The third kappa shape index (κ3) is 4.15. The van der Waals surface area contributed by atoms with Gasteiger partial charge in [0.2, 0.25) is 5.95 Å². The molecule has 0 aliphatic carbocycles. The van der Waals surface area contributed by atoms with Gasteiger partial charge in [0.15, 0.2) is 0 Å². The van der Waals surface area contributed by atoms with Crippen LogP contribution in [0.4, 0.5) is 0 Å². The summed E-state index contributed by atoms with van der Waals surface area (Å²) in [6, 6.07) is 46.7. The summed E-state index contributed by atoms with van der Waals surface area (Å²) >= 11 is 0. The van der Waals surface area contributed by atoms with Gasteiger partial charge >= 0.3 is 0 Å². The maximum Gasteiger partial charge on any atom is 0.234 e. The van der Waals surface area contributed by atoms with Gasteiger partial charge in [-0.2, -0.15) is 0 Å². The van der Waals surface area contributed by atoms with E-state index in [0.717, 1.165) is 87.9 Å². The number of pyridine rings is 1. The second-order valence-corrected chi connectivity index (χ2v) is 12.2. The predicted octanol–water partition coefficient (Wildman–Crippen LogP) is 11.0. The van der Waals surface area contributed by atoms with E-state index in [1.54, 1.807) is 0 Å². The molecule has 4 aromatic heterocycles. The largest absolute Gasteiger partial charge is 0.456 e. The van der Waals surface area contributed by atoms with Gasteiger partial charge in [-0.05, 0) is 87.8 Å². The Bertz CT molecular complexity index is 2760. The highest BCUT2D eigenvalue weighted by molar-refractivity contribution is 6.21. The Balaban J connectivity index is 1.17. The standard InChI is InChI=1S/C43H26N4O/c1-2-8-27(9-3-1)30-20-31(28-16-18-44-19-17-28)22-32(21-30)33-25-45-43(46-26-33)47-39-12-6-4-10-34(39)36-15-14-29-23-38-35-11-5-7-13-40(35)48-41(38)24-37(29)42(36)47/h1-26H. The molecule has 0 amide bonds. The number of rotatable bonds is 4. The first kappa shape index (κ1) is 26.6. The van der Waals surface area contributed by atoms with Crippen LogP contribution in [-0.4, -0.2) is 19.5 Å². The summed E-state index contributed by atoms with van der Waals surface area (Å²) in [7, 11) is 0. The van der Waals surface area contributed by atoms with Crippen LogP contribution in [0, 0.1) is 0 Å². The number of furan rings is 1. The van der Waals surface area contributed by atoms with Gasteiger partial charge in [-0.1, -0.05) is 78.9 Å². The Hall–Kier alpha value is -6.59. The average Bonchev–Trinajstić information content (AvgIpc) is 3.70. The summed E-state index contributed by atoms with van der Waals surface area (Å²) in [4.78, 5) is 14.3. The van der Waals surface area contributed by atoms with Crippen LogP contribution in [0.25, 0.3) is 93.8 Å². The van der Waals surface area contributed by atoms with E-state index in [0.29, 0.717) is 5.95 Å². The average molecular weight is 615 g/mol. The Morgan fingerprint density at radius 2 is 1.10 bits per heavy atom. The second kappa shape index (κ2) is 10.5. The molecule has 0 saturated heterocycles. The van der Waals surface area contributed by atoms with E-state index in [2.05, 4.69) is 113 Å². The van der Waals surface area contributed by atoms with Gasteiger partial charge in [0.25, 0.3) is 0 Å². The molecule has 5 heteroatoms. The zero-order chi connectivity index (χ0) is 31.6. The first-order chi connectivity index (χ1) is 23.8. The zero-order valence-corrected chi connectivity index (χ0v) is 25.7. The molecular formula is C43H26N4O. The van der Waals surface area contributed by atoms with E-state index in [9.17, 15) is 0 Å². The van der Waals surface area contributed by atoms with Gasteiger partial charge in [-0.25, -0.2) is 9.97 Å². The molecule has 0 aliphatic heterocycles. The molecule has 4 heterocycles. The quantitative estimate of drug-likeness (QED) is 0.198. The highest BCUT2D eigenvalue weighted by Crippen LogP contribution is 2.40. The normalized spacial score (nSPS) is 11.8. The van der Waals surface area contributed by atoms with Gasteiger partial charge in [0.1, 0.15) is 11.2 Å². The van der Waals surface area contributed by atoms with Crippen LogP contribution >= 0.6 is 0 Å². The minimum Gasteiger partial charge on any atom is -0.456 e. The summed E-state index contributed by atoms with van der Waals surface area (Å²) in [5.41, 5.74) is 10.4. The van der Waals surface area contributed by atoms with Crippen molar-refractivity contribution in [3.63, 3.8) is 0 Å². The van der Waals surface area contributed by atoms with E-state index in [-0.39, 0.29) is 0 Å². The Labute approximate surface area is 275 Å². The Morgan fingerprint density at radius 3 is 1.90 bits per heavy atom. The van der Waals surface area contributed by atoms with E-state index in [1.165, 1.54) is 0 Å². The van der Waals surface area contributed by atoms with E-state index in [4.69, 9.17) is 14.4 Å². The van der Waals surface area contributed by atoms with Gasteiger partial charge in [-0.15, -0.1) is 0 Å². The molecule has 224 valence electrons. The molecule has 48 heavy (non-hydrogen) atoms. The maximum absolute atomic E-state index is 6.33. The zero-order valence-electron chi connectivity index (χ0n) is 25.7. The molecule has 0 bridgehead atoms. The fraction of sp³-hybridized carbons (Fsp3) is 0. The number of benzene rings is 6. The van der Waals surface area contributed by atoms with Crippen LogP contribution in [0.5, 0.6) is 0 Å². The molecule has 10 rings (SSSR count). The lowest BCUT2D eigenvalue weighted by molar-refractivity contribution is 0.669. The molecule has 0 fully saturated rings. The first-order valence-electron chi connectivity index (χ1n) is 16.0. The van der Waals surface area contributed by atoms with E-state index < -0.39 is 0 Å². The molecule has 0 radical (unpaired) electrons. The molecule has 0 aliphatic rings. The van der Waals surface area contributed by atoms with Crippen molar-refractivity contribution < 1.29 is 4.42 Å². The highest BCUT2D eigenvalue weighted by atomic mass is 16.3. The minimum atomic E-state index is 0.621. The highest BCUT2D eigenvalue weighted by Gasteiger charge is 2.18.